The molecule has 2 rings (SSSR count). The highest BCUT2D eigenvalue weighted by molar-refractivity contribution is 7.89. The molecule has 5 nitrogen and oxygen atoms in total. The first-order valence-electron chi connectivity index (χ1n) is 6.65. The van der Waals surface area contributed by atoms with Crippen molar-refractivity contribution in [3.05, 3.63) is 15.8 Å². The molecule has 1 aliphatic heterocycles. The maximum absolute atomic E-state index is 12.7. The van der Waals surface area contributed by atoms with Gasteiger partial charge in [-0.05, 0) is 26.3 Å². The zero-order valence-electron chi connectivity index (χ0n) is 12.0. The van der Waals surface area contributed by atoms with Gasteiger partial charge in [-0.3, -0.25) is 4.79 Å². The molecule has 1 amide bonds. The van der Waals surface area contributed by atoms with Gasteiger partial charge in [0.2, 0.25) is 15.9 Å². The number of carbonyl (C=O) groups is 1. The Morgan fingerprint density at radius 1 is 1.20 bits per heavy atom. The summed E-state index contributed by atoms with van der Waals surface area (Å²) in [7, 11) is -3.44. The molecular weight excluding hydrogens is 296 g/mol. The van der Waals surface area contributed by atoms with Gasteiger partial charge in [0.05, 0.1) is 4.90 Å². The first-order valence-corrected chi connectivity index (χ1v) is 8.90. The number of hydrogen-bond acceptors (Lipinski definition) is 4. The van der Waals surface area contributed by atoms with Crippen molar-refractivity contribution in [3.8, 4) is 0 Å². The molecule has 0 aliphatic carbocycles. The van der Waals surface area contributed by atoms with Crippen LogP contribution in [0.5, 0.6) is 0 Å². The van der Waals surface area contributed by atoms with Gasteiger partial charge in [-0.2, -0.15) is 4.31 Å². The second kappa shape index (κ2) is 5.83. The van der Waals surface area contributed by atoms with Gasteiger partial charge >= 0.3 is 0 Å². The van der Waals surface area contributed by atoms with Crippen molar-refractivity contribution in [1.82, 2.24) is 9.21 Å². The van der Waals surface area contributed by atoms with Crippen molar-refractivity contribution in [1.29, 1.82) is 0 Å². The van der Waals surface area contributed by atoms with Crippen molar-refractivity contribution in [2.24, 2.45) is 0 Å². The van der Waals surface area contributed by atoms with Crippen LogP contribution >= 0.6 is 11.3 Å². The SMILES string of the molecule is CC(=O)N1CCCN(S(=O)(=O)c2cc(C)sc2C)CC1. The largest absolute Gasteiger partial charge is 0.342 e. The van der Waals surface area contributed by atoms with E-state index in [2.05, 4.69) is 0 Å². The zero-order chi connectivity index (χ0) is 14.9. The van der Waals surface area contributed by atoms with Crippen LogP contribution in [0.25, 0.3) is 0 Å². The van der Waals surface area contributed by atoms with Gasteiger partial charge in [0.1, 0.15) is 0 Å². The first kappa shape index (κ1) is 15.5. The quantitative estimate of drug-likeness (QED) is 0.833. The van der Waals surface area contributed by atoms with Crippen LogP contribution in [0, 0.1) is 13.8 Å². The highest BCUT2D eigenvalue weighted by Crippen LogP contribution is 2.28. The van der Waals surface area contributed by atoms with E-state index in [1.165, 1.54) is 22.6 Å². The minimum atomic E-state index is -3.44. The van der Waals surface area contributed by atoms with Crippen molar-refractivity contribution in [2.45, 2.75) is 32.1 Å². The van der Waals surface area contributed by atoms with E-state index in [0.29, 0.717) is 37.5 Å². The maximum atomic E-state index is 12.7. The Morgan fingerprint density at radius 3 is 2.45 bits per heavy atom. The summed E-state index contributed by atoms with van der Waals surface area (Å²) >= 11 is 1.50. The Labute approximate surface area is 124 Å². The third kappa shape index (κ3) is 3.05. The normalized spacial score (nSPS) is 18.1. The highest BCUT2D eigenvalue weighted by Gasteiger charge is 2.29. The van der Waals surface area contributed by atoms with Crippen LogP contribution in [-0.2, 0) is 14.8 Å². The van der Waals surface area contributed by atoms with Crippen molar-refractivity contribution in [3.63, 3.8) is 0 Å². The molecule has 1 saturated heterocycles. The summed E-state index contributed by atoms with van der Waals surface area (Å²) < 4.78 is 26.9. The summed E-state index contributed by atoms with van der Waals surface area (Å²) in [6.07, 6.45) is 0.682. The fourth-order valence-electron chi connectivity index (χ4n) is 2.45. The minimum absolute atomic E-state index is 0.00630. The topological polar surface area (TPSA) is 57.7 Å². The summed E-state index contributed by atoms with van der Waals surface area (Å²) in [6.45, 7) is 7.22. The lowest BCUT2D eigenvalue weighted by atomic mass is 10.4. The Morgan fingerprint density at radius 2 is 1.90 bits per heavy atom. The van der Waals surface area contributed by atoms with Gasteiger partial charge in [0, 0.05) is 42.9 Å². The molecular formula is C13H20N2O3S2. The molecule has 0 radical (unpaired) electrons. The number of thiophene rings is 1. The highest BCUT2D eigenvalue weighted by atomic mass is 32.2. The minimum Gasteiger partial charge on any atom is -0.342 e. The maximum Gasteiger partial charge on any atom is 0.244 e. The molecule has 1 aliphatic rings. The Balaban J connectivity index is 2.22. The van der Waals surface area contributed by atoms with Gasteiger partial charge in [-0.25, -0.2) is 8.42 Å². The molecule has 0 bridgehead atoms. The second-order valence-corrected chi connectivity index (χ2v) is 8.41. The Hall–Kier alpha value is -0.920. The predicted octanol–water partition coefficient (Wildman–Crippen LogP) is 1.61. The summed E-state index contributed by atoms with van der Waals surface area (Å²) in [5.41, 5.74) is 0. The molecule has 0 spiro atoms. The number of aryl methyl sites for hydroxylation is 2. The molecule has 0 saturated carbocycles. The molecule has 0 atom stereocenters. The van der Waals surface area contributed by atoms with E-state index in [4.69, 9.17) is 0 Å². The molecule has 0 aromatic carbocycles. The summed E-state index contributed by atoms with van der Waals surface area (Å²) in [5.74, 6) is 0.00630. The summed E-state index contributed by atoms with van der Waals surface area (Å²) in [4.78, 5) is 15.3. The lowest BCUT2D eigenvalue weighted by Crippen LogP contribution is -2.36. The van der Waals surface area contributed by atoms with E-state index in [9.17, 15) is 13.2 Å². The van der Waals surface area contributed by atoms with Crippen molar-refractivity contribution >= 4 is 27.3 Å². The lowest BCUT2D eigenvalue weighted by Gasteiger charge is -2.21. The van der Waals surface area contributed by atoms with E-state index in [1.807, 2.05) is 13.8 Å². The van der Waals surface area contributed by atoms with Crippen LogP contribution in [0.1, 0.15) is 23.1 Å². The van der Waals surface area contributed by atoms with E-state index in [0.717, 1.165) is 9.75 Å². The predicted molar refractivity (Wildman–Crippen MR) is 79.4 cm³/mol. The molecule has 1 fully saturated rings. The number of hydrogen-bond donors (Lipinski definition) is 0. The zero-order valence-corrected chi connectivity index (χ0v) is 13.7. The monoisotopic (exact) mass is 316 g/mol. The van der Waals surface area contributed by atoms with Crippen LogP contribution in [0.3, 0.4) is 0 Å². The molecule has 20 heavy (non-hydrogen) atoms. The number of rotatable bonds is 2. The van der Waals surface area contributed by atoms with Gasteiger partial charge in [0.25, 0.3) is 0 Å². The average molecular weight is 316 g/mol. The Kier molecular flexibility index (Phi) is 4.51. The molecule has 2 heterocycles. The van der Waals surface area contributed by atoms with Crippen LogP contribution in [0.4, 0.5) is 0 Å². The Bertz CT molecular complexity index is 607. The van der Waals surface area contributed by atoms with Crippen LogP contribution in [0.2, 0.25) is 0 Å². The fourth-order valence-corrected chi connectivity index (χ4v) is 5.45. The number of carbonyl (C=O) groups excluding carboxylic acids is 1. The lowest BCUT2D eigenvalue weighted by molar-refractivity contribution is -0.128. The standard InChI is InChI=1S/C13H20N2O3S2/c1-10-9-13(11(2)19-10)20(17,18)15-6-4-5-14(7-8-15)12(3)16/h9H,4-8H2,1-3H3. The number of amides is 1. The van der Waals surface area contributed by atoms with E-state index in [1.54, 1.807) is 11.0 Å². The third-order valence-electron chi connectivity index (χ3n) is 3.51. The van der Waals surface area contributed by atoms with Gasteiger partial charge < -0.3 is 4.90 Å². The number of nitrogens with zero attached hydrogens (tertiary/aromatic N) is 2. The van der Waals surface area contributed by atoms with Gasteiger partial charge in [-0.1, -0.05) is 0 Å². The van der Waals surface area contributed by atoms with Crippen LogP contribution in [-0.4, -0.2) is 49.7 Å². The second-order valence-electron chi connectivity index (χ2n) is 5.04. The van der Waals surface area contributed by atoms with Crippen molar-refractivity contribution < 1.29 is 13.2 Å². The van der Waals surface area contributed by atoms with Crippen molar-refractivity contribution in [2.75, 3.05) is 26.2 Å². The molecule has 112 valence electrons. The molecule has 7 heteroatoms. The summed E-state index contributed by atoms with van der Waals surface area (Å²) in [5, 5.41) is 0. The first-order chi connectivity index (χ1) is 9.32. The molecule has 0 N–H and O–H groups in total. The van der Waals surface area contributed by atoms with E-state index in [-0.39, 0.29) is 5.91 Å². The van der Waals surface area contributed by atoms with E-state index >= 15 is 0 Å². The van der Waals surface area contributed by atoms with Gasteiger partial charge in [-0.15, -0.1) is 11.3 Å². The fraction of sp³-hybridized carbons (Fsp3) is 0.615. The van der Waals surface area contributed by atoms with Crippen LogP contribution in [0.15, 0.2) is 11.0 Å². The smallest absolute Gasteiger partial charge is 0.244 e. The molecule has 1 aromatic heterocycles. The van der Waals surface area contributed by atoms with E-state index < -0.39 is 10.0 Å². The molecule has 1 aromatic rings. The number of sulfonamides is 1. The van der Waals surface area contributed by atoms with Crippen LogP contribution < -0.4 is 0 Å². The average Bonchev–Trinajstić information content (AvgIpc) is 2.59. The van der Waals surface area contributed by atoms with Gasteiger partial charge in [0.15, 0.2) is 0 Å². The molecule has 0 unspecified atom stereocenters. The summed E-state index contributed by atoms with van der Waals surface area (Å²) in [6, 6.07) is 1.74. The third-order valence-corrected chi connectivity index (χ3v) is 6.63.